The lowest BCUT2D eigenvalue weighted by atomic mass is 10.2. The first-order chi connectivity index (χ1) is 14.3. The molecule has 158 valence electrons. The summed E-state index contributed by atoms with van der Waals surface area (Å²) in [7, 11) is 0. The van der Waals surface area contributed by atoms with Gasteiger partial charge in [0.25, 0.3) is 0 Å². The molecular formula is C20H21F3N6O. The number of alkyl halides is 3. The summed E-state index contributed by atoms with van der Waals surface area (Å²) in [5, 5.41) is 3.67. The lowest BCUT2D eigenvalue weighted by Crippen LogP contribution is -2.48. The normalized spacial score (nSPS) is 19.8. The smallest absolute Gasteiger partial charge is 0.375 e. The number of hydrogen-bond donors (Lipinski definition) is 1. The fraction of sp³-hybridized carbons (Fsp3) is 0.400. The fourth-order valence-corrected chi connectivity index (χ4v) is 3.41. The predicted octanol–water partition coefficient (Wildman–Crippen LogP) is 3.66. The van der Waals surface area contributed by atoms with Crippen LogP contribution in [0.3, 0.4) is 0 Å². The number of fused-ring (bicyclic) bond motifs is 1. The second-order valence-corrected chi connectivity index (χ2v) is 7.25. The second-order valence-electron chi connectivity index (χ2n) is 7.25. The van der Waals surface area contributed by atoms with Gasteiger partial charge in [-0.3, -0.25) is 4.98 Å². The highest BCUT2D eigenvalue weighted by molar-refractivity contribution is 5.87. The second kappa shape index (κ2) is 8.02. The first-order valence-electron chi connectivity index (χ1n) is 9.59. The monoisotopic (exact) mass is 418 g/mol. The van der Waals surface area contributed by atoms with Gasteiger partial charge >= 0.3 is 6.18 Å². The lowest BCUT2D eigenvalue weighted by molar-refractivity contribution is -0.141. The van der Waals surface area contributed by atoms with E-state index in [1.165, 1.54) is 12.1 Å². The van der Waals surface area contributed by atoms with E-state index in [0.717, 1.165) is 6.20 Å². The molecule has 0 amide bonds. The average molecular weight is 418 g/mol. The number of aromatic nitrogens is 4. The topological polar surface area (TPSA) is 76.1 Å². The number of ether oxygens (including phenoxy) is 1. The van der Waals surface area contributed by atoms with Crippen LogP contribution < -0.4 is 10.2 Å². The Kier molecular flexibility index (Phi) is 5.42. The maximum atomic E-state index is 13.3. The zero-order valence-electron chi connectivity index (χ0n) is 16.5. The van der Waals surface area contributed by atoms with Crippen LogP contribution in [0.2, 0.25) is 0 Å². The molecule has 30 heavy (non-hydrogen) atoms. The average Bonchev–Trinajstić information content (AvgIpc) is 2.73. The Bertz CT molecular complexity index is 1040. The predicted molar refractivity (Wildman–Crippen MR) is 106 cm³/mol. The number of nitrogens with one attached hydrogen (secondary N) is 1. The van der Waals surface area contributed by atoms with Crippen LogP contribution in [-0.4, -0.2) is 45.2 Å². The molecular weight excluding hydrogens is 397 g/mol. The summed E-state index contributed by atoms with van der Waals surface area (Å²) in [6, 6.07) is 6.46. The summed E-state index contributed by atoms with van der Waals surface area (Å²) in [4.78, 5) is 19.0. The van der Waals surface area contributed by atoms with E-state index >= 15 is 0 Å². The van der Waals surface area contributed by atoms with Gasteiger partial charge in [-0.05, 0) is 32.0 Å². The molecule has 0 aromatic carbocycles. The number of nitrogens with zero attached hydrogens (tertiary/aromatic N) is 5. The summed E-state index contributed by atoms with van der Waals surface area (Å²) < 4.78 is 45.5. The van der Waals surface area contributed by atoms with Crippen molar-refractivity contribution < 1.29 is 17.9 Å². The number of hydrogen-bond acceptors (Lipinski definition) is 7. The Morgan fingerprint density at radius 3 is 2.70 bits per heavy atom. The van der Waals surface area contributed by atoms with Gasteiger partial charge in [-0.25, -0.2) is 4.98 Å². The van der Waals surface area contributed by atoms with Gasteiger partial charge in [-0.1, -0.05) is 6.07 Å². The van der Waals surface area contributed by atoms with Crippen LogP contribution in [-0.2, 0) is 17.5 Å². The van der Waals surface area contributed by atoms with E-state index in [4.69, 9.17) is 4.74 Å². The number of rotatable bonds is 4. The number of morpholine rings is 1. The van der Waals surface area contributed by atoms with Crippen LogP contribution in [0.5, 0.6) is 0 Å². The Hall–Kier alpha value is -3.01. The highest BCUT2D eigenvalue weighted by Crippen LogP contribution is 2.31. The minimum Gasteiger partial charge on any atom is -0.375 e. The maximum absolute atomic E-state index is 13.3. The summed E-state index contributed by atoms with van der Waals surface area (Å²) in [5.74, 6) is 0.889. The Morgan fingerprint density at radius 2 is 1.90 bits per heavy atom. The van der Waals surface area contributed by atoms with E-state index in [1.54, 1.807) is 18.3 Å². The highest BCUT2D eigenvalue weighted by atomic mass is 19.4. The molecule has 7 nitrogen and oxygen atoms in total. The van der Waals surface area contributed by atoms with Crippen molar-refractivity contribution in [3.8, 4) is 0 Å². The third-order valence-electron chi connectivity index (χ3n) is 4.93. The van der Waals surface area contributed by atoms with E-state index < -0.39 is 11.9 Å². The van der Waals surface area contributed by atoms with E-state index in [2.05, 4.69) is 25.3 Å². The highest BCUT2D eigenvalue weighted by Gasteiger charge is 2.35. The summed E-state index contributed by atoms with van der Waals surface area (Å²) in [6.07, 6.45) is -1.75. The largest absolute Gasteiger partial charge is 0.433 e. The summed E-state index contributed by atoms with van der Waals surface area (Å²) in [5.41, 5.74) is -0.404. The molecule has 1 N–H and O–H groups in total. The third kappa shape index (κ3) is 4.13. The van der Waals surface area contributed by atoms with Crippen molar-refractivity contribution in [1.82, 2.24) is 19.9 Å². The first-order valence-corrected chi connectivity index (χ1v) is 9.59. The zero-order chi connectivity index (χ0) is 21.3. The Morgan fingerprint density at radius 1 is 1.13 bits per heavy atom. The molecule has 0 bridgehead atoms. The van der Waals surface area contributed by atoms with E-state index in [9.17, 15) is 13.2 Å². The van der Waals surface area contributed by atoms with Gasteiger partial charge < -0.3 is 15.0 Å². The van der Waals surface area contributed by atoms with Crippen molar-refractivity contribution >= 4 is 22.8 Å². The minimum absolute atomic E-state index is 0.0189. The molecule has 0 aliphatic carbocycles. The zero-order valence-corrected chi connectivity index (χ0v) is 16.5. The molecule has 4 heterocycles. The van der Waals surface area contributed by atoms with Crippen LogP contribution in [0.4, 0.5) is 24.9 Å². The molecule has 1 fully saturated rings. The number of pyridine rings is 2. The summed E-state index contributed by atoms with van der Waals surface area (Å²) in [6.45, 7) is 5.05. The molecule has 1 aliphatic heterocycles. The molecule has 10 heteroatoms. The quantitative estimate of drug-likeness (QED) is 0.693. The maximum Gasteiger partial charge on any atom is 0.433 e. The van der Waals surface area contributed by atoms with Crippen LogP contribution in [0.25, 0.3) is 11.0 Å². The standard InChI is InChI=1S/C20H21F3N6O/c1-12-11-30-13(2)10-29(12)19-27-17-15(6-4-8-25-17)18(28-19)26-9-14-5-3-7-24-16(14)20(21,22)23/h3-8,12-13H,9-11H2,1-2H3,(H,25,26,27,28)/t12-,13+/m1/s1. The molecule has 4 rings (SSSR count). The molecule has 0 radical (unpaired) electrons. The minimum atomic E-state index is -4.53. The fourth-order valence-electron chi connectivity index (χ4n) is 3.41. The summed E-state index contributed by atoms with van der Waals surface area (Å²) >= 11 is 0. The van der Waals surface area contributed by atoms with Crippen LogP contribution in [0.1, 0.15) is 25.1 Å². The molecule has 0 spiro atoms. The van der Waals surface area contributed by atoms with Gasteiger partial charge in [0, 0.05) is 31.0 Å². The van der Waals surface area contributed by atoms with Crippen LogP contribution in [0, 0.1) is 0 Å². The van der Waals surface area contributed by atoms with E-state index in [0.29, 0.717) is 36.0 Å². The van der Waals surface area contributed by atoms with Gasteiger partial charge in [0.15, 0.2) is 5.65 Å². The van der Waals surface area contributed by atoms with Crippen LogP contribution in [0.15, 0.2) is 36.7 Å². The molecule has 2 atom stereocenters. The number of anilines is 2. The van der Waals surface area contributed by atoms with Crippen molar-refractivity contribution in [2.45, 2.75) is 38.7 Å². The van der Waals surface area contributed by atoms with Crippen LogP contribution >= 0.6 is 0 Å². The Balaban J connectivity index is 1.69. The lowest BCUT2D eigenvalue weighted by Gasteiger charge is -2.36. The van der Waals surface area contributed by atoms with Gasteiger partial charge in [-0.2, -0.15) is 23.1 Å². The van der Waals surface area contributed by atoms with E-state index in [1.807, 2.05) is 18.7 Å². The molecule has 3 aromatic heterocycles. The molecule has 1 saturated heterocycles. The van der Waals surface area contributed by atoms with Crippen molar-refractivity contribution in [2.24, 2.45) is 0 Å². The van der Waals surface area contributed by atoms with Gasteiger partial charge in [0.2, 0.25) is 5.95 Å². The van der Waals surface area contributed by atoms with Gasteiger partial charge in [-0.15, -0.1) is 0 Å². The SMILES string of the molecule is C[C@@H]1CO[C@@H](C)CN1c1nc(NCc2cccnc2C(F)(F)F)c2cccnc2n1. The molecule has 3 aromatic rings. The molecule has 0 unspecified atom stereocenters. The Labute approximate surface area is 171 Å². The molecule has 1 aliphatic rings. The van der Waals surface area contributed by atoms with Crippen molar-refractivity contribution in [3.05, 3.63) is 47.9 Å². The number of halogens is 3. The van der Waals surface area contributed by atoms with Crippen molar-refractivity contribution in [1.29, 1.82) is 0 Å². The van der Waals surface area contributed by atoms with E-state index in [-0.39, 0.29) is 24.3 Å². The molecule has 0 saturated carbocycles. The van der Waals surface area contributed by atoms with Crippen molar-refractivity contribution in [2.75, 3.05) is 23.4 Å². The van der Waals surface area contributed by atoms with Gasteiger partial charge in [0.1, 0.15) is 11.5 Å². The van der Waals surface area contributed by atoms with Crippen molar-refractivity contribution in [3.63, 3.8) is 0 Å². The van der Waals surface area contributed by atoms with Gasteiger partial charge in [0.05, 0.1) is 24.1 Å². The third-order valence-corrected chi connectivity index (χ3v) is 4.93. The first kappa shape index (κ1) is 20.3.